The van der Waals surface area contributed by atoms with E-state index in [4.69, 9.17) is 11.0 Å². The molecule has 19 heavy (non-hydrogen) atoms. The largest absolute Gasteiger partial charge is 0.573 e. The van der Waals surface area contributed by atoms with Gasteiger partial charge in [0.25, 0.3) is 6.43 Å². The van der Waals surface area contributed by atoms with Crippen molar-refractivity contribution in [2.75, 3.05) is 0 Å². The van der Waals surface area contributed by atoms with Crippen LogP contribution in [0.3, 0.4) is 0 Å². The van der Waals surface area contributed by atoms with Crippen molar-refractivity contribution < 1.29 is 26.7 Å². The molecule has 0 atom stereocenters. The SMILES string of the molecule is N#CCc1c(OC(F)(F)F)cnc(C(F)F)c1CN. The minimum absolute atomic E-state index is 0.307. The Labute approximate surface area is 104 Å². The molecule has 9 heteroatoms. The highest BCUT2D eigenvalue weighted by Crippen LogP contribution is 2.32. The van der Waals surface area contributed by atoms with Crippen LogP contribution < -0.4 is 10.5 Å². The van der Waals surface area contributed by atoms with E-state index in [2.05, 4.69) is 9.72 Å². The quantitative estimate of drug-likeness (QED) is 0.860. The molecule has 0 aliphatic carbocycles. The molecule has 0 aliphatic heterocycles. The van der Waals surface area contributed by atoms with E-state index >= 15 is 0 Å². The number of hydrogen-bond acceptors (Lipinski definition) is 4. The Bertz CT molecular complexity index is 495. The van der Waals surface area contributed by atoms with Crippen LogP contribution >= 0.6 is 0 Å². The molecule has 1 aromatic heterocycles. The van der Waals surface area contributed by atoms with Gasteiger partial charge in [0, 0.05) is 17.7 Å². The van der Waals surface area contributed by atoms with Crippen molar-refractivity contribution in [3.05, 3.63) is 23.0 Å². The molecule has 0 fully saturated rings. The molecule has 1 heterocycles. The highest BCUT2D eigenvalue weighted by molar-refractivity contribution is 5.43. The van der Waals surface area contributed by atoms with Crippen LogP contribution in [-0.4, -0.2) is 11.3 Å². The lowest BCUT2D eigenvalue weighted by molar-refractivity contribution is -0.275. The fourth-order valence-corrected chi connectivity index (χ4v) is 1.49. The number of hydrogen-bond donors (Lipinski definition) is 1. The molecule has 0 saturated heterocycles. The molecular formula is C10H8F5N3O. The second-order valence-electron chi connectivity index (χ2n) is 3.35. The van der Waals surface area contributed by atoms with Crippen LogP contribution in [0.2, 0.25) is 0 Å². The first-order valence-electron chi connectivity index (χ1n) is 4.91. The topological polar surface area (TPSA) is 71.9 Å². The molecule has 2 N–H and O–H groups in total. The lowest BCUT2D eigenvalue weighted by Gasteiger charge is -2.16. The van der Waals surface area contributed by atoms with Crippen LogP contribution in [0.15, 0.2) is 6.20 Å². The molecule has 0 saturated carbocycles. The van der Waals surface area contributed by atoms with Crippen molar-refractivity contribution in [2.45, 2.75) is 25.8 Å². The average Bonchev–Trinajstić information content (AvgIpc) is 2.28. The van der Waals surface area contributed by atoms with E-state index in [1.165, 1.54) is 0 Å². The van der Waals surface area contributed by atoms with Gasteiger partial charge in [-0.1, -0.05) is 0 Å². The number of nitrogens with zero attached hydrogens (tertiary/aromatic N) is 2. The Morgan fingerprint density at radius 2 is 2.00 bits per heavy atom. The maximum atomic E-state index is 12.6. The fourth-order valence-electron chi connectivity index (χ4n) is 1.49. The van der Waals surface area contributed by atoms with Gasteiger partial charge in [-0.2, -0.15) is 5.26 Å². The summed E-state index contributed by atoms with van der Waals surface area (Å²) in [7, 11) is 0. The van der Waals surface area contributed by atoms with E-state index in [0.717, 1.165) is 0 Å². The molecule has 104 valence electrons. The van der Waals surface area contributed by atoms with E-state index in [0.29, 0.717) is 6.20 Å². The number of nitrogens with two attached hydrogens (primary N) is 1. The van der Waals surface area contributed by atoms with Gasteiger partial charge in [-0.25, -0.2) is 8.78 Å². The Kier molecular flexibility index (Phi) is 4.61. The predicted octanol–water partition coefficient (Wildman–Crippen LogP) is 2.44. The minimum atomic E-state index is -5.01. The molecule has 0 radical (unpaired) electrons. The summed E-state index contributed by atoms with van der Waals surface area (Å²) in [6.07, 6.45) is -8.04. The van der Waals surface area contributed by atoms with Gasteiger partial charge in [0.2, 0.25) is 0 Å². The van der Waals surface area contributed by atoms with Gasteiger partial charge in [-0.3, -0.25) is 4.98 Å². The predicted molar refractivity (Wildman–Crippen MR) is 53.1 cm³/mol. The number of rotatable bonds is 4. The van der Waals surface area contributed by atoms with E-state index in [9.17, 15) is 22.0 Å². The maximum absolute atomic E-state index is 12.6. The number of halogens is 5. The van der Waals surface area contributed by atoms with E-state index in [1.54, 1.807) is 6.07 Å². The third kappa shape index (κ3) is 3.75. The smallest absolute Gasteiger partial charge is 0.404 e. The zero-order valence-electron chi connectivity index (χ0n) is 9.34. The third-order valence-electron chi connectivity index (χ3n) is 2.18. The first-order valence-corrected chi connectivity index (χ1v) is 4.91. The van der Waals surface area contributed by atoms with Crippen molar-refractivity contribution in [3.8, 4) is 11.8 Å². The maximum Gasteiger partial charge on any atom is 0.573 e. The molecule has 0 aromatic carbocycles. The number of ether oxygens (including phenoxy) is 1. The van der Waals surface area contributed by atoms with Crippen LogP contribution in [0.25, 0.3) is 0 Å². The summed E-state index contributed by atoms with van der Waals surface area (Å²) in [6, 6.07) is 1.58. The number of aromatic nitrogens is 1. The molecule has 0 unspecified atom stereocenters. The van der Waals surface area contributed by atoms with Gasteiger partial charge in [0.05, 0.1) is 18.7 Å². The second kappa shape index (κ2) is 5.79. The summed E-state index contributed by atoms with van der Waals surface area (Å²) in [5, 5.41) is 8.56. The highest BCUT2D eigenvalue weighted by atomic mass is 19.4. The summed E-state index contributed by atoms with van der Waals surface area (Å²) in [5.41, 5.74) is 3.85. The first kappa shape index (κ1) is 15.1. The second-order valence-corrected chi connectivity index (χ2v) is 3.35. The van der Waals surface area contributed by atoms with Gasteiger partial charge in [0.15, 0.2) is 5.75 Å². The van der Waals surface area contributed by atoms with Crippen LogP contribution in [0.4, 0.5) is 22.0 Å². The standard InChI is InChI=1S/C10H8F5N3O/c11-9(12)8-6(3-17)5(1-2-16)7(4-18-8)19-10(13,14)15/h4,9H,1,3,17H2. The fraction of sp³-hybridized carbons (Fsp3) is 0.400. The summed E-state index contributed by atoms with van der Waals surface area (Å²) >= 11 is 0. The van der Waals surface area contributed by atoms with Crippen molar-refractivity contribution in [3.63, 3.8) is 0 Å². The first-order chi connectivity index (χ1) is 8.80. The van der Waals surface area contributed by atoms with Gasteiger partial charge in [-0.05, 0) is 0 Å². The molecule has 0 bridgehead atoms. The average molecular weight is 281 g/mol. The van der Waals surface area contributed by atoms with Gasteiger partial charge in [0.1, 0.15) is 5.69 Å². The normalized spacial score (nSPS) is 11.5. The molecule has 1 rings (SSSR count). The zero-order chi connectivity index (χ0) is 14.6. The van der Waals surface area contributed by atoms with Crippen LogP contribution in [0, 0.1) is 11.3 Å². The Morgan fingerprint density at radius 3 is 2.42 bits per heavy atom. The molecule has 4 nitrogen and oxygen atoms in total. The molecule has 0 amide bonds. The molecular weight excluding hydrogens is 273 g/mol. The Morgan fingerprint density at radius 1 is 1.37 bits per heavy atom. The Hall–Kier alpha value is -1.95. The van der Waals surface area contributed by atoms with Gasteiger partial charge >= 0.3 is 6.36 Å². The highest BCUT2D eigenvalue weighted by Gasteiger charge is 2.33. The van der Waals surface area contributed by atoms with Crippen LogP contribution in [-0.2, 0) is 13.0 Å². The van der Waals surface area contributed by atoms with Crippen molar-refractivity contribution in [1.82, 2.24) is 4.98 Å². The molecule has 0 spiro atoms. The molecule has 0 aliphatic rings. The Balaban J connectivity index is 3.37. The van der Waals surface area contributed by atoms with Crippen LogP contribution in [0.1, 0.15) is 23.2 Å². The zero-order valence-corrected chi connectivity index (χ0v) is 9.34. The van der Waals surface area contributed by atoms with Gasteiger partial charge < -0.3 is 10.5 Å². The summed E-state index contributed by atoms with van der Waals surface area (Å²) in [4.78, 5) is 3.21. The minimum Gasteiger partial charge on any atom is -0.404 e. The third-order valence-corrected chi connectivity index (χ3v) is 2.18. The summed E-state index contributed by atoms with van der Waals surface area (Å²) in [6.45, 7) is -0.473. The van der Waals surface area contributed by atoms with Crippen molar-refractivity contribution in [2.24, 2.45) is 5.73 Å². The number of alkyl halides is 5. The lowest BCUT2D eigenvalue weighted by Crippen LogP contribution is -2.20. The van der Waals surface area contributed by atoms with Crippen molar-refractivity contribution in [1.29, 1.82) is 5.26 Å². The van der Waals surface area contributed by atoms with E-state index < -0.39 is 37.2 Å². The number of pyridine rings is 1. The van der Waals surface area contributed by atoms with Gasteiger partial charge in [-0.15, -0.1) is 13.2 Å². The molecule has 1 aromatic rings. The van der Waals surface area contributed by atoms with Crippen LogP contribution in [0.5, 0.6) is 5.75 Å². The van der Waals surface area contributed by atoms with E-state index in [-0.39, 0.29) is 11.1 Å². The summed E-state index contributed by atoms with van der Waals surface area (Å²) in [5.74, 6) is -0.793. The summed E-state index contributed by atoms with van der Waals surface area (Å²) < 4.78 is 65.4. The lowest BCUT2D eigenvalue weighted by atomic mass is 10.0. The van der Waals surface area contributed by atoms with E-state index in [1.807, 2.05) is 0 Å². The monoisotopic (exact) mass is 281 g/mol. The van der Waals surface area contributed by atoms with Crippen molar-refractivity contribution >= 4 is 0 Å². The number of nitriles is 1.